The molecule has 2 aromatic rings. The summed E-state index contributed by atoms with van der Waals surface area (Å²) in [5.41, 5.74) is 11.5. The summed E-state index contributed by atoms with van der Waals surface area (Å²) in [5.74, 6) is 0.696. The van der Waals surface area contributed by atoms with Crippen molar-refractivity contribution in [2.24, 2.45) is 16.5 Å². The van der Waals surface area contributed by atoms with E-state index in [1.807, 2.05) is 0 Å². The number of primary amides is 1. The van der Waals surface area contributed by atoms with E-state index in [4.69, 9.17) is 16.2 Å². The van der Waals surface area contributed by atoms with Crippen molar-refractivity contribution < 1.29 is 9.53 Å². The number of carbonyl (C=O) groups is 1. The first-order valence-corrected chi connectivity index (χ1v) is 5.61. The number of nitrogens with zero attached hydrogens (tertiary/aromatic N) is 1. The molecule has 0 saturated heterocycles. The third-order valence-corrected chi connectivity index (χ3v) is 2.41. The standard InChI is InChI=1S/C14H13N3O2/c15-9-17-11-4-6-12(7-5-11)19-13-3-1-2-10(8-13)14(16)18/h1-9H,(H2,15,17)(H2,16,18). The number of amides is 1. The molecular formula is C14H13N3O2. The quantitative estimate of drug-likeness (QED) is 0.648. The van der Waals surface area contributed by atoms with Gasteiger partial charge in [-0.3, -0.25) is 4.79 Å². The van der Waals surface area contributed by atoms with Crippen molar-refractivity contribution in [2.75, 3.05) is 0 Å². The molecule has 0 aromatic heterocycles. The van der Waals surface area contributed by atoms with Crippen molar-refractivity contribution in [3.63, 3.8) is 0 Å². The topological polar surface area (TPSA) is 90.7 Å². The summed E-state index contributed by atoms with van der Waals surface area (Å²) in [7, 11) is 0. The molecule has 96 valence electrons. The summed E-state index contributed by atoms with van der Waals surface area (Å²) in [6.45, 7) is 0. The van der Waals surface area contributed by atoms with Crippen LogP contribution in [0.2, 0.25) is 0 Å². The van der Waals surface area contributed by atoms with Gasteiger partial charge in [-0.25, -0.2) is 4.99 Å². The second-order valence-electron chi connectivity index (χ2n) is 3.77. The Hall–Kier alpha value is -2.82. The van der Waals surface area contributed by atoms with Gasteiger partial charge in [0.1, 0.15) is 11.5 Å². The average molecular weight is 255 g/mol. The summed E-state index contributed by atoms with van der Waals surface area (Å²) in [6, 6.07) is 13.8. The maximum Gasteiger partial charge on any atom is 0.248 e. The Kier molecular flexibility index (Phi) is 3.78. The molecule has 0 aliphatic carbocycles. The van der Waals surface area contributed by atoms with Crippen LogP contribution in [0.1, 0.15) is 10.4 Å². The van der Waals surface area contributed by atoms with Crippen LogP contribution < -0.4 is 16.2 Å². The van der Waals surface area contributed by atoms with E-state index in [0.29, 0.717) is 17.1 Å². The fourth-order valence-electron chi connectivity index (χ4n) is 1.54. The van der Waals surface area contributed by atoms with Crippen LogP contribution in [0.5, 0.6) is 11.5 Å². The van der Waals surface area contributed by atoms with Gasteiger partial charge in [-0.05, 0) is 42.5 Å². The van der Waals surface area contributed by atoms with Crippen LogP contribution in [-0.2, 0) is 0 Å². The molecule has 19 heavy (non-hydrogen) atoms. The number of carbonyl (C=O) groups excluding carboxylic acids is 1. The molecule has 0 heterocycles. The molecule has 0 radical (unpaired) electrons. The number of ether oxygens (including phenoxy) is 1. The highest BCUT2D eigenvalue weighted by molar-refractivity contribution is 5.93. The van der Waals surface area contributed by atoms with Gasteiger partial charge in [0, 0.05) is 5.56 Å². The molecule has 0 aliphatic heterocycles. The first-order chi connectivity index (χ1) is 9.19. The molecule has 0 unspecified atom stereocenters. The summed E-state index contributed by atoms with van der Waals surface area (Å²) in [5, 5.41) is 0. The predicted octanol–water partition coefficient (Wildman–Crippen LogP) is 2.20. The molecule has 0 atom stereocenters. The first kappa shape index (κ1) is 12.6. The number of hydrogen-bond acceptors (Lipinski definition) is 3. The minimum absolute atomic E-state index is 0.404. The molecule has 5 nitrogen and oxygen atoms in total. The van der Waals surface area contributed by atoms with E-state index in [2.05, 4.69) is 4.99 Å². The lowest BCUT2D eigenvalue weighted by molar-refractivity contribution is 0.1000. The van der Waals surface area contributed by atoms with Crippen LogP contribution in [0.15, 0.2) is 53.5 Å². The van der Waals surface area contributed by atoms with E-state index in [1.54, 1.807) is 48.5 Å². The van der Waals surface area contributed by atoms with Crippen molar-refractivity contribution in [2.45, 2.75) is 0 Å². The van der Waals surface area contributed by atoms with Crippen molar-refractivity contribution in [3.05, 3.63) is 54.1 Å². The predicted molar refractivity (Wildman–Crippen MR) is 73.8 cm³/mol. The maximum atomic E-state index is 11.1. The molecule has 4 N–H and O–H groups in total. The Labute approximate surface area is 110 Å². The highest BCUT2D eigenvalue weighted by Gasteiger charge is 2.03. The highest BCUT2D eigenvalue weighted by Crippen LogP contribution is 2.24. The van der Waals surface area contributed by atoms with Crippen molar-refractivity contribution in [1.82, 2.24) is 0 Å². The average Bonchev–Trinajstić information content (AvgIpc) is 2.42. The van der Waals surface area contributed by atoms with Gasteiger partial charge >= 0.3 is 0 Å². The van der Waals surface area contributed by atoms with Crippen LogP contribution in [0.4, 0.5) is 5.69 Å². The number of rotatable bonds is 4. The summed E-state index contributed by atoms with van der Waals surface area (Å²) in [4.78, 5) is 15.0. The van der Waals surface area contributed by atoms with E-state index < -0.39 is 5.91 Å². The lowest BCUT2D eigenvalue weighted by Gasteiger charge is -2.06. The number of aliphatic imine (C=N–C) groups is 1. The largest absolute Gasteiger partial charge is 0.457 e. The van der Waals surface area contributed by atoms with E-state index in [9.17, 15) is 4.79 Å². The summed E-state index contributed by atoms with van der Waals surface area (Å²) in [6.07, 6.45) is 1.23. The van der Waals surface area contributed by atoms with Crippen LogP contribution in [-0.4, -0.2) is 12.2 Å². The minimum atomic E-state index is -0.488. The van der Waals surface area contributed by atoms with E-state index in [-0.39, 0.29) is 0 Å². The second kappa shape index (κ2) is 5.68. The molecule has 2 rings (SSSR count). The van der Waals surface area contributed by atoms with Gasteiger partial charge in [-0.15, -0.1) is 0 Å². The van der Waals surface area contributed by atoms with Gasteiger partial charge in [-0.1, -0.05) is 6.07 Å². The van der Waals surface area contributed by atoms with Gasteiger partial charge < -0.3 is 16.2 Å². The second-order valence-corrected chi connectivity index (χ2v) is 3.77. The van der Waals surface area contributed by atoms with E-state index in [0.717, 1.165) is 5.69 Å². The van der Waals surface area contributed by atoms with Gasteiger partial charge in [0.25, 0.3) is 0 Å². The number of hydrogen-bond donors (Lipinski definition) is 2. The zero-order valence-corrected chi connectivity index (χ0v) is 10.1. The molecule has 0 fully saturated rings. The lowest BCUT2D eigenvalue weighted by Crippen LogP contribution is -2.10. The molecule has 0 aliphatic rings. The Morgan fingerprint density at radius 2 is 1.84 bits per heavy atom. The smallest absolute Gasteiger partial charge is 0.248 e. The van der Waals surface area contributed by atoms with Gasteiger partial charge in [0.2, 0.25) is 5.91 Å². The summed E-state index contributed by atoms with van der Waals surface area (Å²) >= 11 is 0. The fraction of sp³-hybridized carbons (Fsp3) is 0. The van der Waals surface area contributed by atoms with Crippen LogP contribution in [0, 0.1) is 0 Å². The molecular weight excluding hydrogens is 242 g/mol. The fourth-order valence-corrected chi connectivity index (χ4v) is 1.54. The van der Waals surface area contributed by atoms with Crippen LogP contribution in [0.3, 0.4) is 0 Å². The maximum absolute atomic E-state index is 11.1. The van der Waals surface area contributed by atoms with Crippen LogP contribution in [0.25, 0.3) is 0 Å². The normalized spacial score (nSPS) is 10.5. The van der Waals surface area contributed by atoms with Gasteiger partial charge in [0.15, 0.2) is 0 Å². The number of nitrogens with two attached hydrogens (primary N) is 2. The Morgan fingerprint density at radius 3 is 2.47 bits per heavy atom. The van der Waals surface area contributed by atoms with E-state index >= 15 is 0 Å². The van der Waals surface area contributed by atoms with E-state index in [1.165, 1.54) is 6.34 Å². The summed E-state index contributed by atoms with van der Waals surface area (Å²) < 4.78 is 5.61. The van der Waals surface area contributed by atoms with Gasteiger partial charge in [-0.2, -0.15) is 0 Å². The molecule has 1 amide bonds. The highest BCUT2D eigenvalue weighted by atomic mass is 16.5. The SMILES string of the molecule is NC=Nc1ccc(Oc2cccc(C(N)=O)c2)cc1. The third-order valence-electron chi connectivity index (χ3n) is 2.41. The zero-order chi connectivity index (χ0) is 13.7. The lowest BCUT2D eigenvalue weighted by atomic mass is 10.2. The van der Waals surface area contributed by atoms with Crippen molar-refractivity contribution in [1.29, 1.82) is 0 Å². The minimum Gasteiger partial charge on any atom is -0.457 e. The van der Waals surface area contributed by atoms with Gasteiger partial charge in [0.05, 0.1) is 12.0 Å². The monoisotopic (exact) mass is 255 g/mol. The Balaban J connectivity index is 2.16. The zero-order valence-electron chi connectivity index (χ0n) is 10.1. The number of benzene rings is 2. The Morgan fingerprint density at radius 1 is 1.11 bits per heavy atom. The van der Waals surface area contributed by atoms with Crippen LogP contribution >= 0.6 is 0 Å². The molecule has 0 saturated carbocycles. The molecule has 5 heteroatoms. The third kappa shape index (κ3) is 3.32. The van der Waals surface area contributed by atoms with Crippen molar-refractivity contribution >= 4 is 17.9 Å². The molecule has 0 spiro atoms. The molecule has 0 bridgehead atoms. The first-order valence-electron chi connectivity index (χ1n) is 5.61. The molecule has 2 aromatic carbocycles. The van der Waals surface area contributed by atoms with Crippen molar-refractivity contribution in [3.8, 4) is 11.5 Å². The Bertz CT molecular complexity index is 606.